The molecule has 1 atom stereocenters. The van der Waals surface area contributed by atoms with Gasteiger partial charge >= 0.3 is 0 Å². The molecule has 2 aromatic heterocycles. The molecule has 1 aromatic carbocycles. The van der Waals surface area contributed by atoms with Gasteiger partial charge in [0.15, 0.2) is 5.65 Å². The lowest BCUT2D eigenvalue weighted by Gasteiger charge is -2.32. The van der Waals surface area contributed by atoms with Crippen LogP contribution in [0, 0.1) is 11.8 Å². The summed E-state index contributed by atoms with van der Waals surface area (Å²) in [5, 5.41) is 5.15. The number of imide groups is 1. The fourth-order valence-corrected chi connectivity index (χ4v) is 4.41. The molecule has 3 aromatic rings. The van der Waals surface area contributed by atoms with Gasteiger partial charge in [0.25, 0.3) is 11.8 Å². The Kier molecular flexibility index (Phi) is 5.30. The number of amides is 3. The van der Waals surface area contributed by atoms with Crippen molar-refractivity contribution in [2.75, 3.05) is 25.4 Å². The molecular weight excluding hydrogens is 434 g/mol. The topological polar surface area (TPSA) is 127 Å². The smallest absolute Gasteiger partial charge is 0.262 e. The van der Waals surface area contributed by atoms with E-state index in [0.29, 0.717) is 40.9 Å². The van der Waals surface area contributed by atoms with Gasteiger partial charge in [-0.05, 0) is 37.0 Å². The first-order valence-electron chi connectivity index (χ1n) is 10.8. The normalized spacial score (nSPS) is 17.5. The Hall–Kier alpha value is -4.52. The maximum Gasteiger partial charge on any atom is 0.262 e. The van der Waals surface area contributed by atoms with Crippen LogP contribution in [0.4, 0.5) is 5.82 Å². The monoisotopic (exact) mass is 455 g/mol. The van der Waals surface area contributed by atoms with Crippen LogP contribution in [0.15, 0.2) is 43.2 Å². The van der Waals surface area contributed by atoms with Crippen molar-refractivity contribution in [3.63, 3.8) is 0 Å². The summed E-state index contributed by atoms with van der Waals surface area (Å²) in [4.78, 5) is 48.5. The Labute approximate surface area is 195 Å². The number of anilines is 1. The van der Waals surface area contributed by atoms with Crippen molar-refractivity contribution in [3.05, 3.63) is 60.1 Å². The summed E-state index contributed by atoms with van der Waals surface area (Å²) in [5.74, 6) is 5.18. The van der Waals surface area contributed by atoms with Crippen LogP contribution in [0.1, 0.15) is 45.3 Å². The molecular formula is C24H21N7O3. The number of piperidine rings is 1. The molecule has 0 radical (unpaired) electrons. The van der Waals surface area contributed by atoms with Crippen molar-refractivity contribution in [3.8, 4) is 11.8 Å². The van der Waals surface area contributed by atoms with Crippen molar-refractivity contribution in [2.24, 2.45) is 0 Å². The number of nitrogens with zero attached hydrogens (tertiary/aromatic N) is 6. The van der Waals surface area contributed by atoms with Crippen LogP contribution in [0.3, 0.4) is 0 Å². The minimum Gasteiger partial charge on any atom is -0.383 e. The number of likely N-dealkylation sites (tertiary alicyclic amines) is 1. The lowest BCUT2D eigenvalue weighted by Crippen LogP contribution is -2.40. The number of hydrogen-bond donors (Lipinski definition) is 1. The molecule has 5 rings (SSSR count). The van der Waals surface area contributed by atoms with Gasteiger partial charge in [0, 0.05) is 13.1 Å². The molecule has 2 N–H and O–H groups in total. The highest BCUT2D eigenvalue weighted by atomic mass is 16.2. The molecule has 0 bridgehead atoms. The molecule has 10 heteroatoms. The van der Waals surface area contributed by atoms with Crippen LogP contribution >= 0.6 is 0 Å². The lowest BCUT2D eigenvalue weighted by atomic mass is 10.1. The van der Waals surface area contributed by atoms with Gasteiger partial charge in [0.2, 0.25) is 5.91 Å². The Bertz CT molecular complexity index is 1380. The fraction of sp³-hybridized carbons (Fsp3) is 0.250. The van der Waals surface area contributed by atoms with E-state index in [1.807, 2.05) is 0 Å². The highest BCUT2D eigenvalue weighted by Crippen LogP contribution is 2.28. The van der Waals surface area contributed by atoms with Crippen molar-refractivity contribution >= 4 is 34.6 Å². The van der Waals surface area contributed by atoms with E-state index in [9.17, 15) is 14.4 Å². The Morgan fingerprint density at radius 1 is 1.21 bits per heavy atom. The molecule has 3 amide bonds. The van der Waals surface area contributed by atoms with Crippen LogP contribution < -0.4 is 5.73 Å². The van der Waals surface area contributed by atoms with E-state index >= 15 is 0 Å². The molecule has 0 aliphatic carbocycles. The van der Waals surface area contributed by atoms with E-state index < -0.39 is 0 Å². The largest absolute Gasteiger partial charge is 0.383 e. The third-order valence-electron chi connectivity index (χ3n) is 6.07. The highest BCUT2D eigenvalue weighted by molar-refractivity contribution is 6.21. The number of rotatable bonds is 3. The first-order valence-corrected chi connectivity index (χ1v) is 10.8. The van der Waals surface area contributed by atoms with Gasteiger partial charge in [-0.25, -0.2) is 14.6 Å². The zero-order chi connectivity index (χ0) is 23.8. The Morgan fingerprint density at radius 3 is 2.65 bits per heavy atom. The van der Waals surface area contributed by atoms with Crippen LogP contribution in [-0.2, 0) is 4.79 Å². The minimum absolute atomic E-state index is 0.0840. The summed E-state index contributed by atoms with van der Waals surface area (Å²) in [7, 11) is 0. The van der Waals surface area contributed by atoms with Crippen LogP contribution in [0.2, 0.25) is 0 Å². The van der Waals surface area contributed by atoms with Gasteiger partial charge in [-0.2, -0.15) is 5.10 Å². The second-order valence-corrected chi connectivity index (χ2v) is 8.08. The Morgan fingerprint density at radius 2 is 1.94 bits per heavy atom. The minimum atomic E-state index is -0.373. The first-order chi connectivity index (χ1) is 16.5. The van der Waals surface area contributed by atoms with Crippen molar-refractivity contribution in [2.45, 2.75) is 18.9 Å². The summed E-state index contributed by atoms with van der Waals surface area (Å²) in [6, 6.07) is 6.58. The summed E-state index contributed by atoms with van der Waals surface area (Å²) < 4.78 is 1.74. The van der Waals surface area contributed by atoms with Crippen LogP contribution in [-0.4, -0.2) is 66.9 Å². The van der Waals surface area contributed by atoms with Gasteiger partial charge in [-0.1, -0.05) is 24.6 Å². The third-order valence-corrected chi connectivity index (χ3v) is 6.07. The zero-order valence-corrected chi connectivity index (χ0v) is 18.3. The van der Waals surface area contributed by atoms with E-state index in [1.54, 1.807) is 33.8 Å². The molecule has 0 spiro atoms. The number of carbonyl (C=O) groups is 3. The summed E-state index contributed by atoms with van der Waals surface area (Å²) in [6.45, 7) is 4.61. The van der Waals surface area contributed by atoms with Gasteiger partial charge < -0.3 is 10.6 Å². The maximum absolute atomic E-state index is 12.6. The average Bonchev–Trinajstić information content (AvgIpc) is 3.36. The molecule has 4 heterocycles. The molecule has 170 valence electrons. The fourth-order valence-electron chi connectivity index (χ4n) is 4.41. The third kappa shape index (κ3) is 3.47. The lowest BCUT2D eigenvalue weighted by molar-refractivity contribution is -0.127. The molecule has 1 saturated heterocycles. The van der Waals surface area contributed by atoms with E-state index in [-0.39, 0.29) is 36.1 Å². The van der Waals surface area contributed by atoms with Crippen molar-refractivity contribution in [1.82, 2.24) is 29.5 Å². The predicted octanol–water partition coefficient (Wildman–Crippen LogP) is 1.41. The van der Waals surface area contributed by atoms with Gasteiger partial charge in [-0.15, -0.1) is 0 Å². The number of nitrogens with two attached hydrogens (primary N) is 1. The van der Waals surface area contributed by atoms with Gasteiger partial charge in [0.05, 0.1) is 29.1 Å². The van der Waals surface area contributed by atoms with E-state index in [2.05, 4.69) is 33.5 Å². The Balaban J connectivity index is 1.45. The quantitative estimate of drug-likeness (QED) is 0.359. The highest BCUT2D eigenvalue weighted by Gasteiger charge is 2.34. The van der Waals surface area contributed by atoms with E-state index in [4.69, 9.17) is 5.73 Å². The second-order valence-electron chi connectivity index (χ2n) is 8.08. The maximum atomic E-state index is 12.6. The molecule has 1 unspecified atom stereocenters. The molecule has 2 aliphatic heterocycles. The molecule has 0 saturated carbocycles. The number of nitrogen functional groups attached to an aromatic ring is 1. The summed E-state index contributed by atoms with van der Waals surface area (Å²) in [5.41, 5.74) is 7.75. The van der Waals surface area contributed by atoms with Crippen LogP contribution in [0.5, 0.6) is 0 Å². The number of carbonyl (C=O) groups excluding carboxylic acids is 3. The standard InChI is InChI=1S/C24H21N7O3/c1-2-19(32)29-11-5-7-15(13-29)31-22-20(21(25)26-14-27-22)18(28-31)10-6-12-30-23(33)16-8-3-4-9-17(16)24(30)34/h2-4,8-9,14-15H,1,5,7,11-13H2,(H2,25,26,27). The van der Waals surface area contributed by atoms with E-state index in [1.165, 1.54) is 12.4 Å². The number of hydrogen-bond acceptors (Lipinski definition) is 7. The first kappa shape index (κ1) is 21.3. The summed E-state index contributed by atoms with van der Waals surface area (Å²) in [6.07, 6.45) is 4.29. The second kappa shape index (κ2) is 8.44. The number of benzene rings is 1. The van der Waals surface area contributed by atoms with Crippen molar-refractivity contribution in [1.29, 1.82) is 0 Å². The molecule has 1 fully saturated rings. The molecule has 10 nitrogen and oxygen atoms in total. The van der Waals surface area contributed by atoms with Gasteiger partial charge in [-0.3, -0.25) is 19.3 Å². The van der Waals surface area contributed by atoms with E-state index in [0.717, 1.165) is 17.7 Å². The molecule has 34 heavy (non-hydrogen) atoms. The average molecular weight is 455 g/mol. The van der Waals surface area contributed by atoms with Crippen LogP contribution in [0.25, 0.3) is 11.0 Å². The SMILES string of the molecule is C=CC(=O)N1CCCC(n2nc(C#CCN3C(=O)c4ccccc4C3=O)c3c(N)ncnc32)C1. The summed E-state index contributed by atoms with van der Waals surface area (Å²) >= 11 is 0. The van der Waals surface area contributed by atoms with Gasteiger partial charge in [0.1, 0.15) is 17.8 Å². The zero-order valence-electron chi connectivity index (χ0n) is 18.3. The number of aromatic nitrogens is 4. The predicted molar refractivity (Wildman–Crippen MR) is 123 cm³/mol. The van der Waals surface area contributed by atoms with Crippen molar-refractivity contribution < 1.29 is 14.4 Å². The number of fused-ring (bicyclic) bond motifs is 2. The molecule has 2 aliphatic rings.